The average molecular weight is 535 g/mol. The van der Waals surface area contributed by atoms with Gasteiger partial charge in [0.25, 0.3) is 0 Å². The molecule has 2 aromatic heterocycles. The monoisotopic (exact) mass is 534 g/mol. The number of hydrogen-bond donors (Lipinski definition) is 0. The molecule has 2 aliphatic rings. The van der Waals surface area contributed by atoms with Crippen LogP contribution in [-0.2, 0) is 17.5 Å². The lowest BCUT2D eigenvalue weighted by Gasteiger charge is -2.35. The number of halogens is 3. The maximum absolute atomic E-state index is 13.4. The summed E-state index contributed by atoms with van der Waals surface area (Å²) in [5.41, 5.74) is 3.82. The number of nitrogens with zero attached hydrogens (tertiary/aromatic N) is 4. The number of imidazole rings is 1. The number of piperazine rings is 1. The topological polar surface area (TPSA) is 50.1 Å². The molecule has 1 aliphatic heterocycles. The number of amides is 1. The van der Waals surface area contributed by atoms with Gasteiger partial charge in [0.2, 0.25) is 5.91 Å². The first-order valence-corrected chi connectivity index (χ1v) is 13.1. The number of alkyl halides is 3. The van der Waals surface area contributed by atoms with Gasteiger partial charge in [-0.05, 0) is 60.4 Å². The van der Waals surface area contributed by atoms with E-state index in [-0.39, 0.29) is 11.8 Å². The Morgan fingerprint density at radius 3 is 2.41 bits per heavy atom. The van der Waals surface area contributed by atoms with Gasteiger partial charge >= 0.3 is 6.18 Å². The summed E-state index contributed by atoms with van der Waals surface area (Å²) in [6.45, 7) is 3.46. The van der Waals surface area contributed by atoms with Gasteiger partial charge in [0.15, 0.2) is 0 Å². The molecule has 6 nitrogen and oxygen atoms in total. The molecule has 4 aromatic rings. The van der Waals surface area contributed by atoms with Crippen LogP contribution in [0.5, 0.6) is 5.75 Å². The molecule has 0 spiro atoms. The molecule has 1 amide bonds. The quantitative estimate of drug-likeness (QED) is 0.316. The number of rotatable bonds is 6. The molecule has 1 saturated carbocycles. The summed E-state index contributed by atoms with van der Waals surface area (Å²) in [7, 11) is 1.62. The lowest BCUT2D eigenvalue weighted by molar-refractivity contribution is -0.137. The largest absolute Gasteiger partial charge is 0.497 e. The van der Waals surface area contributed by atoms with Crippen molar-refractivity contribution in [2.45, 2.75) is 25.6 Å². The average Bonchev–Trinajstić information content (AvgIpc) is 3.75. The van der Waals surface area contributed by atoms with Crippen LogP contribution >= 0.6 is 0 Å². The smallest absolute Gasteiger partial charge is 0.416 e. The van der Waals surface area contributed by atoms with Crippen molar-refractivity contribution in [1.82, 2.24) is 19.2 Å². The van der Waals surface area contributed by atoms with Gasteiger partial charge in [-0.3, -0.25) is 9.69 Å². The first kappa shape index (κ1) is 25.4. The summed E-state index contributed by atoms with van der Waals surface area (Å²) in [4.78, 5) is 21.7. The Bertz CT molecular complexity index is 1520. The van der Waals surface area contributed by atoms with E-state index >= 15 is 0 Å². The van der Waals surface area contributed by atoms with E-state index in [2.05, 4.69) is 4.90 Å². The standard InChI is InChI=1S/C30H29F3N4O2/c1-39-25-7-3-5-22(17-25)28-26(19-35-12-14-36(15-13-35)29(38)20-8-9-20)37-18-23(10-11-27(37)34-28)21-4-2-6-24(16-21)30(31,32)33/h2-7,10-11,16-18,20H,8-9,12-15,19H2,1H3. The van der Waals surface area contributed by atoms with Crippen LogP contribution in [-0.4, -0.2) is 58.4 Å². The molecule has 0 atom stereocenters. The van der Waals surface area contributed by atoms with Crippen LogP contribution in [0.15, 0.2) is 66.9 Å². The number of hydrogen-bond acceptors (Lipinski definition) is 4. The number of ether oxygens (including phenoxy) is 1. The van der Waals surface area contributed by atoms with Crippen LogP contribution in [0, 0.1) is 5.92 Å². The normalized spacial score (nSPS) is 16.6. The third-order valence-corrected chi connectivity index (χ3v) is 7.57. The van der Waals surface area contributed by atoms with E-state index in [1.54, 1.807) is 19.2 Å². The van der Waals surface area contributed by atoms with Crippen LogP contribution in [0.25, 0.3) is 28.0 Å². The van der Waals surface area contributed by atoms with Crippen LogP contribution in [0.3, 0.4) is 0 Å². The third kappa shape index (κ3) is 5.23. The maximum atomic E-state index is 13.4. The predicted octanol–water partition coefficient (Wildman–Crippen LogP) is 5.75. The number of carbonyl (C=O) groups excluding carboxylic acids is 1. The fourth-order valence-electron chi connectivity index (χ4n) is 5.22. The molecule has 0 N–H and O–H groups in total. The van der Waals surface area contributed by atoms with Crippen LogP contribution in [0.4, 0.5) is 13.2 Å². The molecule has 2 aromatic carbocycles. The Labute approximate surface area is 224 Å². The highest BCUT2D eigenvalue weighted by Gasteiger charge is 2.35. The summed E-state index contributed by atoms with van der Waals surface area (Å²) >= 11 is 0. The molecule has 0 bridgehead atoms. The van der Waals surface area contributed by atoms with Gasteiger partial charge in [0.05, 0.1) is 24.1 Å². The number of fused-ring (bicyclic) bond motifs is 1. The van der Waals surface area contributed by atoms with Crippen LogP contribution < -0.4 is 4.74 Å². The first-order valence-electron chi connectivity index (χ1n) is 13.1. The summed E-state index contributed by atoms with van der Waals surface area (Å²) in [5.74, 6) is 1.20. The van der Waals surface area contributed by atoms with E-state index in [1.807, 2.05) is 45.8 Å². The highest BCUT2D eigenvalue weighted by Crippen LogP contribution is 2.34. The van der Waals surface area contributed by atoms with Crippen molar-refractivity contribution in [3.63, 3.8) is 0 Å². The van der Waals surface area contributed by atoms with Crippen molar-refractivity contribution < 1.29 is 22.7 Å². The van der Waals surface area contributed by atoms with Crippen LogP contribution in [0.2, 0.25) is 0 Å². The molecular formula is C30H29F3N4O2. The summed E-state index contributed by atoms with van der Waals surface area (Å²) in [6.07, 6.45) is -0.551. The summed E-state index contributed by atoms with van der Waals surface area (Å²) < 4.78 is 47.6. The van der Waals surface area contributed by atoms with Gasteiger partial charge in [-0.2, -0.15) is 13.2 Å². The molecule has 202 valence electrons. The zero-order chi connectivity index (χ0) is 27.1. The molecule has 9 heteroatoms. The molecule has 1 aliphatic carbocycles. The van der Waals surface area contributed by atoms with E-state index in [0.29, 0.717) is 42.2 Å². The lowest BCUT2D eigenvalue weighted by Crippen LogP contribution is -2.48. The molecule has 39 heavy (non-hydrogen) atoms. The van der Waals surface area contributed by atoms with Crippen molar-refractivity contribution in [3.05, 3.63) is 78.1 Å². The van der Waals surface area contributed by atoms with Gasteiger partial charge < -0.3 is 14.0 Å². The van der Waals surface area contributed by atoms with Gasteiger partial charge in [0.1, 0.15) is 11.4 Å². The molecular weight excluding hydrogens is 505 g/mol. The van der Waals surface area contributed by atoms with Crippen molar-refractivity contribution in [1.29, 1.82) is 0 Å². The minimum absolute atomic E-state index is 0.212. The number of carbonyl (C=O) groups is 1. The Hall–Kier alpha value is -3.85. The maximum Gasteiger partial charge on any atom is 0.416 e. The SMILES string of the molecule is COc1cccc(-c2nc3ccc(-c4cccc(C(F)(F)F)c4)cn3c2CN2CCN(C(=O)C3CC3)CC2)c1. The molecule has 3 heterocycles. The van der Waals surface area contributed by atoms with Gasteiger partial charge in [0, 0.05) is 50.4 Å². The van der Waals surface area contributed by atoms with Crippen molar-refractivity contribution in [2.75, 3.05) is 33.3 Å². The zero-order valence-corrected chi connectivity index (χ0v) is 21.6. The molecule has 6 rings (SSSR count). The van der Waals surface area contributed by atoms with Gasteiger partial charge in [-0.15, -0.1) is 0 Å². The Morgan fingerprint density at radius 2 is 1.69 bits per heavy atom. The van der Waals surface area contributed by atoms with Crippen LogP contribution in [0.1, 0.15) is 24.1 Å². The fraction of sp³-hybridized carbons (Fsp3) is 0.333. The Morgan fingerprint density at radius 1 is 0.949 bits per heavy atom. The zero-order valence-electron chi connectivity index (χ0n) is 21.6. The summed E-state index contributed by atoms with van der Waals surface area (Å²) in [6, 6.07) is 16.7. The Balaban J connectivity index is 1.37. The molecule has 0 unspecified atom stereocenters. The second kappa shape index (κ2) is 10.0. The second-order valence-electron chi connectivity index (χ2n) is 10.2. The van der Waals surface area contributed by atoms with Gasteiger partial charge in [-0.1, -0.05) is 24.3 Å². The minimum atomic E-state index is -4.41. The molecule has 0 radical (unpaired) electrons. The predicted molar refractivity (Wildman–Crippen MR) is 142 cm³/mol. The summed E-state index contributed by atoms with van der Waals surface area (Å²) in [5, 5.41) is 0. The third-order valence-electron chi connectivity index (χ3n) is 7.57. The van der Waals surface area contributed by atoms with Crippen molar-refractivity contribution >= 4 is 11.6 Å². The van der Waals surface area contributed by atoms with E-state index in [1.165, 1.54) is 12.1 Å². The highest BCUT2D eigenvalue weighted by atomic mass is 19.4. The highest BCUT2D eigenvalue weighted by molar-refractivity contribution is 5.81. The first-order chi connectivity index (χ1) is 18.8. The second-order valence-corrected chi connectivity index (χ2v) is 10.2. The van der Waals surface area contributed by atoms with E-state index in [0.717, 1.165) is 48.9 Å². The van der Waals surface area contributed by atoms with Gasteiger partial charge in [-0.25, -0.2) is 4.98 Å². The minimum Gasteiger partial charge on any atom is -0.497 e. The van der Waals surface area contributed by atoms with E-state index in [9.17, 15) is 18.0 Å². The van der Waals surface area contributed by atoms with E-state index in [4.69, 9.17) is 9.72 Å². The lowest BCUT2D eigenvalue weighted by atomic mass is 10.0. The number of methoxy groups -OCH3 is 1. The number of aromatic nitrogens is 2. The fourth-order valence-corrected chi connectivity index (χ4v) is 5.22. The van der Waals surface area contributed by atoms with E-state index < -0.39 is 11.7 Å². The van der Waals surface area contributed by atoms with Crippen molar-refractivity contribution in [3.8, 4) is 28.1 Å². The number of benzene rings is 2. The Kier molecular flexibility index (Phi) is 6.54. The molecule has 1 saturated heterocycles. The number of pyridine rings is 1. The van der Waals surface area contributed by atoms with Crippen molar-refractivity contribution in [2.24, 2.45) is 5.92 Å². The molecule has 2 fully saturated rings.